The number of aryl methyl sites for hydroxylation is 1. The van der Waals surface area contributed by atoms with Crippen LogP contribution in [0, 0.1) is 6.92 Å². The van der Waals surface area contributed by atoms with Crippen LogP contribution in [0.15, 0.2) is 0 Å². The number of rotatable bonds is 6. The maximum Gasteiger partial charge on any atom is 0.139 e. The standard InChI is InChI=1S/C9H17N3OS/c1-4-10-8(6-13-3)5-9-11-7(2)12-14-9/h8,10H,4-6H2,1-3H3. The van der Waals surface area contributed by atoms with Crippen molar-refractivity contribution in [1.82, 2.24) is 14.7 Å². The molecule has 4 nitrogen and oxygen atoms in total. The van der Waals surface area contributed by atoms with Crippen molar-refractivity contribution in [3.8, 4) is 0 Å². The number of likely N-dealkylation sites (N-methyl/N-ethyl adjacent to an activating group) is 1. The van der Waals surface area contributed by atoms with Crippen molar-refractivity contribution in [1.29, 1.82) is 0 Å². The van der Waals surface area contributed by atoms with E-state index in [9.17, 15) is 0 Å². The Morgan fingerprint density at radius 3 is 2.86 bits per heavy atom. The Morgan fingerprint density at radius 2 is 2.36 bits per heavy atom. The van der Waals surface area contributed by atoms with Gasteiger partial charge in [0.15, 0.2) is 0 Å². The van der Waals surface area contributed by atoms with Crippen LogP contribution in [0.3, 0.4) is 0 Å². The molecule has 0 aromatic carbocycles. The maximum atomic E-state index is 5.13. The number of hydrogen-bond acceptors (Lipinski definition) is 5. The van der Waals surface area contributed by atoms with Gasteiger partial charge >= 0.3 is 0 Å². The summed E-state index contributed by atoms with van der Waals surface area (Å²) < 4.78 is 9.28. The lowest BCUT2D eigenvalue weighted by atomic mass is 10.2. The minimum Gasteiger partial charge on any atom is -0.383 e. The predicted molar refractivity (Wildman–Crippen MR) is 57.7 cm³/mol. The zero-order valence-corrected chi connectivity index (χ0v) is 9.73. The molecule has 0 amide bonds. The number of aromatic nitrogens is 2. The fourth-order valence-electron chi connectivity index (χ4n) is 1.31. The Hall–Kier alpha value is -0.520. The lowest BCUT2D eigenvalue weighted by Gasteiger charge is -2.14. The summed E-state index contributed by atoms with van der Waals surface area (Å²) in [5.41, 5.74) is 0. The van der Waals surface area contributed by atoms with Gasteiger partial charge in [0.25, 0.3) is 0 Å². The monoisotopic (exact) mass is 215 g/mol. The lowest BCUT2D eigenvalue weighted by Crippen LogP contribution is -2.34. The molecule has 0 saturated carbocycles. The normalized spacial score (nSPS) is 13.1. The van der Waals surface area contributed by atoms with Crippen molar-refractivity contribution < 1.29 is 4.74 Å². The molecule has 1 aromatic rings. The molecule has 1 atom stereocenters. The molecular weight excluding hydrogens is 198 g/mol. The number of nitrogens with one attached hydrogen (secondary N) is 1. The van der Waals surface area contributed by atoms with E-state index in [1.807, 2.05) is 6.92 Å². The third kappa shape index (κ3) is 3.69. The minimum atomic E-state index is 0.345. The average Bonchev–Trinajstić information content (AvgIpc) is 2.52. The fourth-order valence-corrected chi connectivity index (χ4v) is 2.04. The van der Waals surface area contributed by atoms with Gasteiger partial charge in [-0.3, -0.25) is 0 Å². The van der Waals surface area contributed by atoms with E-state index in [4.69, 9.17) is 4.74 Å². The van der Waals surface area contributed by atoms with E-state index in [0.717, 1.165) is 23.8 Å². The van der Waals surface area contributed by atoms with Gasteiger partial charge in [-0.2, -0.15) is 4.37 Å². The van der Waals surface area contributed by atoms with Gasteiger partial charge in [0.1, 0.15) is 10.8 Å². The molecule has 0 aliphatic rings. The van der Waals surface area contributed by atoms with Crippen molar-refractivity contribution in [3.05, 3.63) is 10.8 Å². The Morgan fingerprint density at radius 1 is 1.57 bits per heavy atom. The van der Waals surface area contributed by atoms with Crippen LogP contribution in [-0.4, -0.2) is 35.7 Å². The molecule has 0 saturated heterocycles. The highest BCUT2D eigenvalue weighted by molar-refractivity contribution is 7.05. The summed E-state index contributed by atoms with van der Waals surface area (Å²) in [6, 6.07) is 0.345. The molecule has 5 heteroatoms. The van der Waals surface area contributed by atoms with E-state index in [1.54, 1.807) is 7.11 Å². The molecule has 1 aromatic heterocycles. The minimum absolute atomic E-state index is 0.345. The Bertz CT molecular complexity index is 258. The molecule has 0 bridgehead atoms. The second-order valence-corrected chi connectivity index (χ2v) is 3.99. The first-order chi connectivity index (χ1) is 6.76. The van der Waals surface area contributed by atoms with E-state index in [-0.39, 0.29) is 0 Å². The van der Waals surface area contributed by atoms with Crippen molar-refractivity contribution in [2.45, 2.75) is 26.3 Å². The molecule has 0 spiro atoms. The van der Waals surface area contributed by atoms with Gasteiger partial charge in [-0.05, 0) is 25.0 Å². The molecule has 0 fully saturated rings. The van der Waals surface area contributed by atoms with Crippen LogP contribution in [0.2, 0.25) is 0 Å². The van der Waals surface area contributed by atoms with Crippen LogP contribution < -0.4 is 5.32 Å². The van der Waals surface area contributed by atoms with Gasteiger partial charge in [0.05, 0.1) is 6.61 Å². The first-order valence-corrected chi connectivity index (χ1v) is 5.55. The molecule has 80 valence electrons. The van der Waals surface area contributed by atoms with Gasteiger partial charge in [-0.1, -0.05) is 6.92 Å². The maximum absolute atomic E-state index is 5.13. The highest BCUT2D eigenvalue weighted by atomic mass is 32.1. The summed E-state index contributed by atoms with van der Waals surface area (Å²) in [7, 11) is 1.72. The molecular formula is C9H17N3OS. The van der Waals surface area contributed by atoms with Gasteiger partial charge < -0.3 is 10.1 Å². The third-order valence-corrected chi connectivity index (χ3v) is 2.68. The molecule has 0 radical (unpaired) electrons. The Balaban J connectivity index is 2.46. The topological polar surface area (TPSA) is 47.0 Å². The summed E-state index contributed by atoms with van der Waals surface area (Å²) in [5.74, 6) is 0.859. The summed E-state index contributed by atoms with van der Waals surface area (Å²) in [6.07, 6.45) is 0.896. The smallest absolute Gasteiger partial charge is 0.139 e. The zero-order chi connectivity index (χ0) is 10.4. The quantitative estimate of drug-likeness (QED) is 0.769. The summed E-state index contributed by atoms with van der Waals surface area (Å²) in [5, 5.41) is 4.43. The van der Waals surface area contributed by atoms with Crippen LogP contribution in [0.1, 0.15) is 17.8 Å². The molecule has 1 rings (SSSR count). The Labute approximate surface area is 88.9 Å². The molecule has 14 heavy (non-hydrogen) atoms. The van der Waals surface area contributed by atoms with E-state index in [0.29, 0.717) is 12.6 Å². The molecule has 1 heterocycles. The second kappa shape index (κ2) is 6.06. The number of ether oxygens (including phenoxy) is 1. The summed E-state index contributed by atoms with van der Waals surface area (Å²) >= 11 is 1.47. The number of methoxy groups -OCH3 is 1. The first-order valence-electron chi connectivity index (χ1n) is 4.77. The molecule has 0 aliphatic carbocycles. The fraction of sp³-hybridized carbons (Fsp3) is 0.778. The van der Waals surface area contributed by atoms with Crippen LogP contribution in [0.25, 0.3) is 0 Å². The number of nitrogens with zero attached hydrogens (tertiary/aromatic N) is 2. The van der Waals surface area contributed by atoms with Crippen LogP contribution >= 0.6 is 11.5 Å². The van der Waals surface area contributed by atoms with Crippen molar-refractivity contribution in [3.63, 3.8) is 0 Å². The van der Waals surface area contributed by atoms with E-state index in [2.05, 4.69) is 21.6 Å². The van der Waals surface area contributed by atoms with E-state index < -0.39 is 0 Å². The molecule has 1 unspecified atom stereocenters. The zero-order valence-electron chi connectivity index (χ0n) is 8.91. The van der Waals surface area contributed by atoms with Crippen molar-refractivity contribution in [2.75, 3.05) is 20.3 Å². The first kappa shape index (κ1) is 11.6. The predicted octanol–water partition coefficient (Wildman–Crippen LogP) is 1.01. The van der Waals surface area contributed by atoms with E-state index >= 15 is 0 Å². The largest absolute Gasteiger partial charge is 0.383 e. The van der Waals surface area contributed by atoms with Crippen LogP contribution in [0.4, 0.5) is 0 Å². The summed E-state index contributed by atoms with van der Waals surface area (Å²) in [4.78, 5) is 4.33. The summed E-state index contributed by atoms with van der Waals surface area (Å²) in [6.45, 7) is 5.67. The van der Waals surface area contributed by atoms with Gasteiger partial charge in [-0.25, -0.2) is 4.98 Å². The molecule has 0 aliphatic heterocycles. The van der Waals surface area contributed by atoms with Gasteiger partial charge in [0, 0.05) is 19.6 Å². The number of hydrogen-bond donors (Lipinski definition) is 1. The highest BCUT2D eigenvalue weighted by Crippen LogP contribution is 2.07. The molecule has 1 N–H and O–H groups in total. The van der Waals surface area contributed by atoms with Crippen LogP contribution in [0.5, 0.6) is 0 Å². The third-order valence-electron chi connectivity index (χ3n) is 1.85. The highest BCUT2D eigenvalue weighted by Gasteiger charge is 2.10. The van der Waals surface area contributed by atoms with Crippen LogP contribution in [-0.2, 0) is 11.2 Å². The van der Waals surface area contributed by atoms with Gasteiger partial charge in [0.2, 0.25) is 0 Å². The van der Waals surface area contributed by atoms with Gasteiger partial charge in [-0.15, -0.1) is 0 Å². The Kier molecular flexibility index (Phi) is 5.00. The SMILES string of the molecule is CCNC(COC)Cc1nc(C)ns1. The van der Waals surface area contributed by atoms with Crippen molar-refractivity contribution >= 4 is 11.5 Å². The lowest BCUT2D eigenvalue weighted by molar-refractivity contribution is 0.167. The average molecular weight is 215 g/mol. The second-order valence-electron chi connectivity index (χ2n) is 3.15. The van der Waals surface area contributed by atoms with E-state index in [1.165, 1.54) is 11.5 Å². The van der Waals surface area contributed by atoms with Crippen molar-refractivity contribution in [2.24, 2.45) is 0 Å².